The molecule has 2 amide bonds. The molecule has 2 aromatic carbocycles. The monoisotopic (exact) mass is 428 g/mol. The maximum absolute atomic E-state index is 12.3. The van der Waals surface area contributed by atoms with E-state index in [4.69, 9.17) is 9.47 Å². The Morgan fingerprint density at radius 1 is 1.03 bits per heavy atom. The molecule has 8 nitrogen and oxygen atoms in total. The number of hydrogen-bond acceptors (Lipinski definition) is 6. The molecule has 0 bridgehead atoms. The van der Waals surface area contributed by atoms with Crippen LogP contribution in [-0.2, 0) is 32.1 Å². The van der Waals surface area contributed by atoms with E-state index in [0.717, 1.165) is 16.7 Å². The minimum absolute atomic E-state index is 0.100. The quantitative estimate of drug-likeness (QED) is 0.498. The molecule has 0 saturated heterocycles. The van der Waals surface area contributed by atoms with Crippen LogP contribution in [0.3, 0.4) is 0 Å². The van der Waals surface area contributed by atoms with E-state index in [2.05, 4.69) is 10.6 Å². The molecule has 3 N–H and O–H groups in total. The fourth-order valence-electron chi connectivity index (χ4n) is 2.91. The van der Waals surface area contributed by atoms with E-state index in [9.17, 15) is 19.5 Å². The van der Waals surface area contributed by atoms with Gasteiger partial charge in [-0.2, -0.15) is 0 Å². The smallest absolute Gasteiger partial charge is 0.407 e. The summed E-state index contributed by atoms with van der Waals surface area (Å²) in [5, 5.41) is 15.0. The van der Waals surface area contributed by atoms with Crippen molar-refractivity contribution in [2.24, 2.45) is 0 Å². The summed E-state index contributed by atoms with van der Waals surface area (Å²) in [5.74, 6) is -1.11. The van der Waals surface area contributed by atoms with Gasteiger partial charge in [-0.3, -0.25) is 4.79 Å². The Hall–Kier alpha value is -3.39. The SMILES string of the molecule is COC(=O)[C@H](Cc1ccccc1C)NC(=O)C[C@H](O)CNC(=O)OCc1ccccc1. The maximum atomic E-state index is 12.3. The minimum Gasteiger partial charge on any atom is -0.467 e. The van der Waals surface area contributed by atoms with Gasteiger partial charge in [0.2, 0.25) is 5.91 Å². The van der Waals surface area contributed by atoms with Gasteiger partial charge < -0.3 is 25.2 Å². The van der Waals surface area contributed by atoms with Gasteiger partial charge in [-0.25, -0.2) is 9.59 Å². The van der Waals surface area contributed by atoms with Crippen molar-refractivity contribution in [3.8, 4) is 0 Å². The Morgan fingerprint density at radius 2 is 1.71 bits per heavy atom. The number of benzene rings is 2. The van der Waals surface area contributed by atoms with Gasteiger partial charge >= 0.3 is 12.1 Å². The molecule has 0 unspecified atom stereocenters. The molecule has 0 aromatic heterocycles. The van der Waals surface area contributed by atoms with E-state index in [1.54, 1.807) is 0 Å². The molecule has 0 aliphatic carbocycles. The number of esters is 1. The minimum atomic E-state index is -1.14. The Labute approximate surface area is 181 Å². The van der Waals surface area contributed by atoms with Crippen LogP contribution in [0.25, 0.3) is 0 Å². The van der Waals surface area contributed by atoms with Crippen LogP contribution in [0.15, 0.2) is 54.6 Å². The molecule has 2 aromatic rings. The third-order valence-corrected chi connectivity index (χ3v) is 4.62. The number of alkyl carbamates (subject to hydrolysis) is 1. The number of carbonyl (C=O) groups is 3. The summed E-state index contributed by atoms with van der Waals surface area (Å²) in [6.45, 7) is 1.85. The second-order valence-electron chi connectivity index (χ2n) is 7.07. The Balaban J connectivity index is 1.78. The van der Waals surface area contributed by atoms with Crippen molar-refractivity contribution < 1.29 is 29.0 Å². The average molecular weight is 428 g/mol. The number of carbonyl (C=O) groups excluding carboxylic acids is 3. The normalized spacial score (nSPS) is 12.4. The number of aryl methyl sites for hydroxylation is 1. The summed E-state index contributed by atoms with van der Waals surface area (Å²) in [6.07, 6.45) is -1.86. The average Bonchev–Trinajstić information content (AvgIpc) is 2.77. The second kappa shape index (κ2) is 12.3. The molecule has 0 spiro atoms. The molecular formula is C23H28N2O6. The topological polar surface area (TPSA) is 114 Å². The fourth-order valence-corrected chi connectivity index (χ4v) is 2.91. The number of amides is 2. The number of rotatable bonds is 10. The number of aliphatic hydroxyl groups excluding tert-OH is 1. The first kappa shape index (κ1) is 23.9. The first-order valence-electron chi connectivity index (χ1n) is 9.93. The molecule has 0 saturated carbocycles. The molecule has 0 aliphatic rings. The third kappa shape index (κ3) is 8.47. The van der Waals surface area contributed by atoms with Gasteiger partial charge in [0.05, 0.1) is 19.6 Å². The van der Waals surface area contributed by atoms with Crippen LogP contribution in [0.2, 0.25) is 0 Å². The highest BCUT2D eigenvalue weighted by Gasteiger charge is 2.24. The number of hydrogen-bond donors (Lipinski definition) is 3. The molecule has 31 heavy (non-hydrogen) atoms. The first-order chi connectivity index (χ1) is 14.9. The summed E-state index contributed by atoms with van der Waals surface area (Å²) >= 11 is 0. The van der Waals surface area contributed by atoms with Gasteiger partial charge in [-0.15, -0.1) is 0 Å². The van der Waals surface area contributed by atoms with Gasteiger partial charge in [0.25, 0.3) is 0 Å². The molecule has 0 radical (unpaired) electrons. The molecule has 0 fully saturated rings. The van der Waals surface area contributed by atoms with E-state index in [-0.39, 0.29) is 26.0 Å². The molecule has 0 aliphatic heterocycles. The van der Waals surface area contributed by atoms with Crippen molar-refractivity contribution in [3.63, 3.8) is 0 Å². The standard InChI is InChI=1S/C23H28N2O6/c1-16-8-6-7-11-18(16)12-20(22(28)30-2)25-21(27)13-19(26)14-24-23(29)31-15-17-9-4-3-5-10-17/h3-11,19-20,26H,12-15H2,1-2H3,(H,24,29)(H,25,27)/t19-,20-/m0/s1. The number of aliphatic hydroxyl groups is 1. The number of ether oxygens (including phenoxy) is 2. The van der Waals surface area contributed by atoms with Crippen molar-refractivity contribution >= 4 is 18.0 Å². The first-order valence-corrected chi connectivity index (χ1v) is 9.93. The summed E-state index contributed by atoms with van der Waals surface area (Å²) in [7, 11) is 1.25. The van der Waals surface area contributed by atoms with Crippen LogP contribution in [0.5, 0.6) is 0 Å². The van der Waals surface area contributed by atoms with Crippen LogP contribution in [0, 0.1) is 6.92 Å². The summed E-state index contributed by atoms with van der Waals surface area (Å²) in [5.41, 5.74) is 2.73. The molecule has 2 rings (SSSR count). The summed E-state index contributed by atoms with van der Waals surface area (Å²) in [4.78, 5) is 36.1. The summed E-state index contributed by atoms with van der Waals surface area (Å²) in [6, 6.07) is 15.8. The van der Waals surface area contributed by atoms with Crippen molar-refractivity contribution in [2.45, 2.75) is 38.5 Å². The summed E-state index contributed by atoms with van der Waals surface area (Å²) < 4.78 is 9.83. The molecule has 0 heterocycles. The zero-order chi connectivity index (χ0) is 22.6. The van der Waals surface area contributed by atoms with Crippen molar-refractivity contribution in [1.29, 1.82) is 0 Å². The van der Waals surface area contributed by atoms with E-state index in [1.165, 1.54) is 7.11 Å². The predicted molar refractivity (Wildman–Crippen MR) is 114 cm³/mol. The van der Waals surface area contributed by atoms with E-state index in [0.29, 0.717) is 0 Å². The Bertz CT molecular complexity index is 871. The maximum Gasteiger partial charge on any atom is 0.407 e. The van der Waals surface area contributed by atoms with Gasteiger partial charge in [0.1, 0.15) is 12.6 Å². The van der Waals surface area contributed by atoms with Crippen LogP contribution in [0.4, 0.5) is 4.79 Å². The zero-order valence-corrected chi connectivity index (χ0v) is 17.7. The lowest BCUT2D eigenvalue weighted by Gasteiger charge is -2.19. The highest BCUT2D eigenvalue weighted by Crippen LogP contribution is 2.11. The van der Waals surface area contributed by atoms with Crippen molar-refractivity contribution in [1.82, 2.24) is 10.6 Å². The lowest BCUT2D eigenvalue weighted by Crippen LogP contribution is -2.45. The molecule has 2 atom stereocenters. The largest absolute Gasteiger partial charge is 0.467 e. The van der Waals surface area contributed by atoms with E-state index in [1.807, 2.05) is 61.5 Å². The molecule has 166 valence electrons. The zero-order valence-electron chi connectivity index (χ0n) is 17.7. The Morgan fingerprint density at radius 3 is 2.39 bits per heavy atom. The number of nitrogens with one attached hydrogen (secondary N) is 2. The van der Waals surface area contributed by atoms with Crippen molar-refractivity contribution in [3.05, 3.63) is 71.3 Å². The van der Waals surface area contributed by atoms with Gasteiger partial charge in [-0.1, -0.05) is 54.6 Å². The fraction of sp³-hybridized carbons (Fsp3) is 0.348. The van der Waals surface area contributed by atoms with Crippen LogP contribution >= 0.6 is 0 Å². The van der Waals surface area contributed by atoms with Crippen LogP contribution in [-0.4, -0.2) is 48.9 Å². The highest BCUT2D eigenvalue weighted by molar-refractivity contribution is 5.85. The lowest BCUT2D eigenvalue weighted by molar-refractivity contribution is -0.145. The lowest BCUT2D eigenvalue weighted by atomic mass is 10.0. The van der Waals surface area contributed by atoms with Crippen LogP contribution < -0.4 is 10.6 Å². The van der Waals surface area contributed by atoms with E-state index < -0.39 is 30.1 Å². The molecular weight excluding hydrogens is 400 g/mol. The van der Waals surface area contributed by atoms with Crippen molar-refractivity contribution in [2.75, 3.05) is 13.7 Å². The predicted octanol–water partition coefficient (Wildman–Crippen LogP) is 1.87. The van der Waals surface area contributed by atoms with E-state index >= 15 is 0 Å². The van der Waals surface area contributed by atoms with Crippen LogP contribution in [0.1, 0.15) is 23.1 Å². The second-order valence-corrected chi connectivity index (χ2v) is 7.07. The highest BCUT2D eigenvalue weighted by atomic mass is 16.5. The Kier molecular flexibility index (Phi) is 9.51. The van der Waals surface area contributed by atoms with Gasteiger partial charge in [0, 0.05) is 13.0 Å². The molecule has 8 heteroatoms. The van der Waals surface area contributed by atoms with Gasteiger partial charge in [-0.05, 0) is 23.6 Å². The van der Waals surface area contributed by atoms with Gasteiger partial charge in [0.15, 0.2) is 0 Å². The third-order valence-electron chi connectivity index (χ3n) is 4.62. The number of methoxy groups -OCH3 is 1.